The van der Waals surface area contributed by atoms with E-state index in [1.54, 1.807) is 0 Å². The largest absolute Gasteiger partial charge is 0.394 e. The molecule has 0 radical (unpaired) electrons. The van der Waals surface area contributed by atoms with Crippen LogP contribution in [-0.4, -0.2) is 39.4 Å². The number of aliphatic hydroxyl groups excluding tert-OH is 2. The molecule has 0 saturated heterocycles. The first-order valence-corrected chi connectivity index (χ1v) is 5.03. The fourth-order valence-electron chi connectivity index (χ4n) is 1.46. The van der Waals surface area contributed by atoms with Gasteiger partial charge in [-0.15, -0.1) is 0 Å². The van der Waals surface area contributed by atoms with Gasteiger partial charge >= 0.3 is 0 Å². The summed E-state index contributed by atoms with van der Waals surface area (Å²) < 4.78 is 0. The Labute approximate surface area is 92.8 Å². The molecule has 0 atom stereocenters. The smallest absolute Gasteiger partial charge is 0.137 e. The van der Waals surface area contributed by atoms with Crippen LogP contribution in [0.3, 0.4) is 0 Å². The van der Waals surface area contributed by atoms with Gasteiger partial charge in [0.1, 0.15) is 12.1 Å². The van der Waals surface area contributed by atoms with Crippen LogP contribution in [0.25, 0.3) is 10.9 Å². The predicted molar refractivity (Wildman–Crippen MR) is 61.1 cm³/mol. The van der Waals surface area contributed by atoms with E-state index in [-0.39, 0.29) is 13.2 Å². The Morgan fingerprint density at radius 2 is 1.88 bits per heavy atom. The molecule has 0 bridgehead atoms. The molecule has 5 heteroatoms. The molecule has 3 N–H and O–H groups in total. The molecular weight excluding hydrogens is 206 g/mol. The van der Waals surface area contributed by atoms with Crippen LogP contribution in [0.15, 0.2) is 30.6 Å². The van der Waals surface area contributed by atoms with Crippen LogP contribution in [0.1, 0.15) is 0 Å². The lowest BCUT2D eigenvalue weighted by molar-refractivity contribution is 0.203. The Bertz CT molecular complexity index is 466. The van der Waals surface area contributed by atoms with Crippen molar-refractivity contribution in [1.82, 2.24) is 9.97 Å². The number of aromatic nitrogens is 2. The normalized spacial score (nSPS) is 10.9. The zero-order valence-corrected chi connectivity index (χ0v) is 8.67. The molecule has 0 aliphatic rings. The standard InChI is InChI=1S/C11H13N3O2/c15-5-8(6-16)14-11-9-3-1-2-4-10(9)12-7-13-11/h1-4,7-8,15-16H,5-6H2,(H,12,13,14). The second-order valence-electron chi connectivity index (χ2n) is 3.45. The zero-order valence-electron chi connectivity index (χ0n) is 8.67. The average Bonchev–Trinajstić information content (AvgIpc) is 2.36. The number of aliphatic hydroxyl groups is 2. The molecule has 2 rings (SSSR count). The summed E-state index contributed by atoms with van der Waals surface area (Å²) in [5.41, 5.74) is 0.828. The van der Waals surface area contributed by atoms with Crippen molar-refractivity contribution in [2.75, 3.05) is 18.5 Å². The van der Waals surface area contributed by atoms with E-state index < -0.39 is 6.04 Å². The van der Waals surface area contributed by atoms with Crippen LogP contribution in [-0.2, 0) is 0 Å². The fourth-order valence-corrected chi connectivity index (χ4v) is 1.46. The third-order valence-electron chi connectivity index (χ3n) is 2.32. The summed E-state index contributed by atoms with van der Waals surface area (Å²) in [6, 6.07) is 7.16. The maximum atomic E-state index is 8.99. The molecule has 0 aliphatic carbocycles. The van der Waals surface area contributed by atoms with E-state index in [0.29, 0.717) is 5.82 Å². The van der Waals surface area contributed by atoms with E-state index in [0.717, 1.165) is 10.9 Å². The number of anilines is 1. The highest BCUT2D eigenvalue weighted by atomic mass is 16.3. The molecule has 1 heterocycles. The van der Waals surface area contributed by atoms with Crippen LogP contribution >= 0.6 is 0 Å². The fraction of sp³-hybridized carbons (Fsp3) is 0.273. The zero-order chi connectivity index (χ0) is 11.4. The summed E-state index contributed by atoms with van der Waals surface area (Å²) in [6.45, 7) is -0.288. The quantitative estimate of drug-likeness (QED) is 0.693. The van der Waals surface area contributed by atoms with Gasteiger partial charge in [0.25, 0.3) is 0 Å². The lowest BCUT2D eigenvalue weighted by Crippen LogP contribution is -2.28. The Morgan fingerprint density at radius 3 is 2.62 bits per heavy atom. The van der Waals surface area contributed by atoms with Crippen molar-refractivity contribution in [2.24, 2.45) is 0 Å². The van der Waals surface area contributed by atoms with Gasteiger partial charge in [0, 0.05) is 5.39 Å². The molecule has 16 heavy (non-hydrogen) atoms. The summed E-state index contributed by atoms with van der Waals surface area (Å²) in [6.07, 6.45) is 1.45. The highest BCUT2D eigenvalue weighted by Crippen LogP contribution is 2.18. The third-order valence-corrected chi connectivity index (χ3v) is 2.32. The van der Waals surface area contributed by atoms with Crippen molar-refractivity contribution in [3.8, 4) is 0 Å². The summed E-state index contributed by atoms with van der Waals surface area (Å²) in [4.78, 5) is 8.22. The molecule has 84 valence electrons. The van der Waals surface area contributed by atoms with Crippen molar-refractivity contribution in [3.63, 3.8) is 0 Å². The van der Waals surface area contributed by atoms with Crippen LogP contribution in [0.5, 0.6) is 0 Å². The third kappa shape index (κ3) is 2.10. The topological polar surface area (TPSA) is 78.3 Å². The molecule has 2 aromatic rings. The second kappa shape index (κ2) is 4.87. The molecule has 1 aromatic heterocycles. The van der Waals surface area contributed by atoms with Gasteiger partial charge in [-0.2, -0.15) is 0 Å². The van der Waals surface area contributed by atoms with Crippen molar-refractivity contribution >= 4 is 16.7 Å². The van der Waals surface area contributed by atoms with E-state index in [9.17, 15) is 0 Å². The van der Waals surface area contributed by atoms with Crippen LogP contribution in [0, 0.1) is 0 Å². The molecular formula is C11H13N3O2. The summed E-state index contributed by atoms with van der Waals surface area (Å²) >= 11 is 0. The number of rotatable bonds is 4. The Morgan fingerprint density at radius 1 is 1.12 bits per heavy atom. The van der Waals surface area contributed by atoms with Crippen LogP contribution in [0.2, 0.25) is 0 Å². The Kier molecular flexibility index (Phi) is 3.28. The highest BCUT2D eigenvalue weighted by molar-refractivity contribution is 5.88. The second-order valence-corrected chi connectivity index (χ2v) is 3.45. The van der Waals surface area contributed by atoms with E-state index in [1.165, 1.54) is 6.33 Å². The number of hydrogen-bond acceptors (Lipinski definition) is 5. The van der Waals surface area contributed by atoms with Crippen molar-refractivity contribution in [1.29, 1.82) is 0 Å². The van der Waals surface area contributed by atoms with Crippen molar-refractivity contribution in [3.05, 3.63) is 30.6 Å². The molecule has 0 saturated carbocycles. The van der Waals surface area contributed by atoms with Gasteiger partial charge in [-0.1, -0.05) is 12.1 Å². The van der Waals surface area contributed by atoms with Crippen molar-refractivity contribution < 1.29 is 10.2 Å². The molecule has 5 nitrogen and oxygen atoms in total. The lowest BCUT2D eigenvalue weighted by Gasteiger charge is -2.14. The number of benzene rings is 1. The number of para-hydroxylation sites is 1. The number of hydrogen-bond donors (Lipinski definition) is 3. The Hall–Kier alpha value is -1.72. The van der Waals surface area contributed by atoms with Crippen LogP contribution in [0.4, 0.5) is 5.82 Å². The predicted octanol–water partition coefficient (Wildman–Crippen LogP) is 0.395. The van der Waals surface area contributed by atoms with Gasteiger partial charge in [-0.3, -0.25) is 0 Å². The van der Waals surface area contributed by atoms with Gasteiger partial charge in [0.2, 0.25) is 0 Å². The molecule has 1 aromatic carbocycles. The summed E-state index contributed by atoms with van der Waals surface area (Å²) in [5, 5.41) is 21.8. The van der Waals surface area contributed by atoms with Crippen LogP contribution < -0.4 is 5.32 Å². The van der Waals surface area contributed by atoms with Gasteiger partial charge in [-0.05, 0) is 12.1 Å². The summed E-state index contributed by atoms with van der Waals surface area (Å²) in [7, 11) is 0. The number of nitrogens with one attached hydrogen (secondary N) is 1. The maximum Gasteiger partial charge on any atom is 0.137 e. The first-order chi connectivity index (χ1) is 7.85. The van der Waals surface area contributed by atoms with Gasteiger partial charge in [-0.25, -0.2) is 9.97 Å². The number of fused-ring (bicyclic) bond motifs is 1. The lowest BCUT2D eigenvalue weighted by atomic mass is 10.2. The van der Waals surface area contributed by atoms with Gasteiger partial charge in [0.15, 0.2) is 0 Å². The highest BCUT2D eigenvalue weighted by Gasteiger charge is 2.08. The van der Waals surface area contributed by atoms with Crippen molar-refractivity contribution in [2.45, 2.75) is 6.04 Å². The minimum absolute atomic E-state index is 0.144. The van der Waals surface area contributed by atoms with E-state index >= 15 is 0 Å². The maximum absolute atomic E-state index is 8.99. The minimum Gasteiger partial charge on any atom is -0.394 e. The van der Waals surface area contributed by atoms with Gasteiger partial charge < -0.3 is 15.5 Å². The first kappa shape index (κ1) is 10.8. The molecule has 0 fully saturated rings. The molecule has 0 aliphatic heterocycles. The minimum atomic E-state index is -0.404. The SMILES string of the molecule is OCC(CO)Nc1ncnc2ccccc12. The monoisotopic (exact) mass is 219 g/mol. The van der Waals surface area contributed by atoms with Gasteiger partial charge in [0.05, 0.1) is 24.8 Å². The Balaban J connectivity index is 2.36. The van der Waals surface area contributed by atoms with E-state index in [2.05, 4.69) is 15.3 Å². The molecule has 0 amide bonds. The number of nitrogens with zero attached hydrogens (tertiary/aromatic N) is 2. The van der Waals surface area contributed by atoms with E-state index in [1.807, 2.05) is 24.3 Å². The molecule has 0 unspecified atom stereocenters. The summed E-state index contributed by atoms with van der Waals surface area (Å²) in [5.74, 6) is 0.624. The van der Waals surface area contributed by atoms with E-state index in [4.69, 9.17) is 10.2 Å². The molecule has 0 spiro atoms. The first-order valence-electron chi connectivity index (χ1n) is 5.03. The average molecular weight is 219 g/mol.